The van der Waals surface area contributed by atoms with Crippen molar-refractivity contribution in [3.8, 4) is 0 Å². The fourth-order valence-electron chi connectivity index (χ4n) is 1.58. The molecule has 1 rings (SSSR count). The van der Waals surface area contributed by atoms with Crippen LogP contribution in [0, 0.1) is 5.82 Å². The molecule has 0 amide bonds. The van der Waals surface area contributed by atoms with Crippen molar-refractivity contribution in [1.82, 2.24) is 0 Å². The SMILES string of the molecule is CC(C)S(=O)(=O)CCC(N)Cc1ccc(F)cc1. The van der Waals surface area contributed by atoms with E-state index in [1.165, 1.54) is 12.1 Å². The van der Waals surface area contributed by atoms with Crippen LogP contribution >= 0.6 is 0 Å². The maximum Gasteiger partial charge on any atom is 0.152 e. The molecule has 0 heterocycles. The largest absolute Gasteiger partial charge is 0.327 e. The number of benzene rings is 1. The second kappa shape index (κ2) is 6.29. The molecule has 5 heteroatoms. The van der Waals surface area contributed by atoms with Crippen LogP contribution in [0.5, 0.6) is 0 Å². The Labute approximate surface area is 108 Å². The second-order valence-corrected chi connectivity index (χ2v) is 7.47. The van der Waals surface area contributed by atoms with Crippen LogP contribution in [-0.4, -0.2) is 25.5 Å². The predicted molar refractivity (Wildman–Crippen MR) is 71.6 cm³/mol. The monoisotopic (exact) mass is 273 g/mol. The van der Waals surface area contributed by atoms with Crippen molar-refractivity contribution >= 4 is 9.84 Å². The van der Waals surface area contributed by atoms with Crippen molar-refractivity contribution in [3.05, 3.63) is 35.6 Å². The normalized spacial score (nSPS) is 13.8. The van der Waals surface area contributed by atoms with Gasteiger partial charge in [0.1, 0.15) is 5.82 Å². The zero-order chi connectivity index (χ0) is 13.8. The van der Waals surface area contributed by atoms with Crippen LogP contribution in [0.25, 0.3) is 0 Å². The maximum atomic E-state index is 12.7. The third kappa shape index (κ3) is 4.74. The highest BCUT2D eigenvalue weighted by molar-refractivity contribution is 7.91. The van der Waals surface area contributed by atoms with Crippen LogP contribution in [0.15, 0.2) is 24.3 Å². The lowest BCUT2D eigenvalue weighted by Crippen LogP contribution is -2.28. The molecule has 0 spiro atoms. The summed E-state index contributed by atoms with van der Waals surface area (Å²) in [4.78, 5) is 0. The molecule has 1 unspecified atom stereocenters. The quantitative estimate of drug-likeness (QED) is 0.861. The van der Waals surface area contributed by atoms with Crippen molar-refractivity contribution in [2.24, 2.45) is 5.73 Å². The lowest BCUT2D eigenvalue weighted by molar-refractivity contribution is 0.572. The van der Waals surface area contributed by atoms with Gasteiger partial charge in [-0.05, 0) is 44.4 Å². The Morgan fingerprint density at radius 2 is 1.78 bits per heavy atom. The Morgan fingerprint density at radius 1 is 1.22 bits per heavy atom. The molecule has 0 saturated carbocycles. The second-order valence-electron chi connectivity index (χ2n) is 4.80. The van der Waals surface area contributed by atoms with E-state index in [0.717, 1.165) is 5.56 Å². The molecule has 1 aromatic rings. The fourth-order valence-corrected chi connectivity index (χ4v) is 2.68. The summed E-state index contributed by atoms with van der Waals surface area (Å²) in [7, 11) is -3.03. The van der Waals surface area contributed by atoms with Crippen LogP contribution in [0.3, 0.4) is 0 Å². The van der Waals surface area contributed by atoms with Gasteiger partial charge in [-0.2, -0.15) is 0 Å². The summed E-state index contributed by atoms with van der Waals surface area (Å²) in [6.07, 6.45) is 0.992. The van der Waals surface area contributed by atoms with Crippen LogP contribution in [0.4, 0.5) is 4.39 Å². The van der Waals surface area contributed by atoms with Crippen molar-refractivity contribution in [1.29, 1.82) is 0 Å². The molecule has 0 aliphatic heterocycles. The van der Waals surface area contributed by atoms with E-state index in [4.69, 9.17) is 5.73 Å². The summed E-state index contributed by atoms with van der Waals surface area (Å²) in [6, 6.07) is 5.89. The van der Waals surface area contributed by atoms with Gasteiger partial charge < -0.3 is 5.73 Å². The topological polar surface area (TPSA) is 60.2 Å². The van der Waals surface area contributed by atoms with E-state index >= 15 is 0 Å². The molecule has 0 aliphatic rings. The number of halogens is 1. The van der Waals surface area contributed by atoms with Gasteiger partial charge in [0.2, 0.25) is 0 Å². The number of nitrogens with two attached hydrogens (primary N) is 1. The van der Waals surface area contributed by atoms with Crippen molar-refractivity contribution in [2.75, 3.05) is 5.75 Å². The molecule has 3 nitrogen and oxygen atoms in total. The molecule has 0 saturated heterocycles. The van der Waals surface area contributed by atoms with Gasteiger partial charge in [0.25, 0.3) is 0 Å². The maximum absolute atomic E-state index is 12.7. The van der Waals surface area contributed by atoms with E-state index in [-0.39, 0.29) is 22.9 Å². The van der Waals surface area contributed by atoms with Gasteiger partial charge in [0, 0.05) is 6.04 Å². The Kier molecular flexibility index (Phi) is 5.28. The average Bonchev–Trinajstić information content (AvgIpc) is 2.29. The van der Waals surface area contributed by atoms with E-state index in [1.54, 1.807) is 26.0 Å². The smallest absolute Gasteiger partial charge is 0.152 e. The van der Waals surface area contributed by atoms with Gasteiger partial charge in [-0.15, -0.1) is 0 Å². The molecule has 1 atom stereocenters. The number of rotatable bonds is 6. The summed E-state index contributed by atoms with van der Waals surface area (Å²) in [5, 5.41) is -0.365. The third-order valence-corrected chi connectivity index (χ3v) is 5.14. The van der Waals surface area contributed by atoms with Crippen LogP contribution in [-0.2, 0) is 16.3 Å². The standard InChI is InChI=1S/C13H20FNO2S/c1-10(2)18(16,17)8-7-13(15)9-11-3-5-12(14)6-4-11/h3-6,10,13H,7-9,15H2,1-2H3. The Morgan fingerprint density at radius 3 is 2.28 bits per heavy atom. The molecule has 1 aromatic carbocycles. The van der Waals surface area contributed by atoms with E-state index in [1.807, 2.05) is 0 Å². The van der Waals surface area contributed by atoms with Crippen molar-refractivity contribution in [3.63, 3.8) is 0 Å². The van der Waals surface area contributed by atoms with Gasteiger partial charge in [0.05, 0.1) is 11.0 Å². The molecule has 2 N–H and O–H groups in total. The van der Waals surface area contributed by atoms with E-state index in [2.05, 4.69) is 0 Å². The van der Waals surface area contributed by atoms with Crippen LogP contribution in [0.1, 0.15) is 25.8 Å². The first-order valence-electron chi connectivity index (χ1n) is 6.03. The molecule has 0 aromatic heterocycles. The minimum atomic E-state index is -3.03. The Hall–Kier alpha value is -0.940. The molecule has 18 heavy (non-hydrogen) atoms. The first kappa shape index (κ1) is 15.1. The minimum Gasteiger partial charge on any atom is -0.327 e. The average molecular weight is 273 g/mol. The van der Waals surface area contributed by atoms with Gasteiger partial charge in [-0.3, -0.25) is 0 Å². The van der Waals surface area contributed by atoms with Gasteiger partial charge >= 0.3 is 0 Å². The molecule has 0 fully saturated rings. The highest BCUT2D eigenvalue weighted by Gasteiger charge is 2.17. The number of hydrogen-bond donors (Lipinski definition) is 1. The third-order valence-electron chi connectivity index (χ3n) is 2.90. The molecular weight excluding hydrogens is 253 g/mol. The summed E-state index contributed by atoms with van der Waals surface area (Å²) in [5.41, 5.74) is 6.81. The summed E-state index contributed by atoms with van der Waals surface area (Å²) in [5.74, 6) is -0.178. The molecule has 0 bridgehead atoms. The van der Waals surface area contributed by atoms with Crippen LogP contribution in [0.2, 0.25) is 0 Å². The number of hydrogen-bond acceptors (Lipinski definition) is 3. The van der Waals surface area contributed by atoms with E-state index in [0.29, 0.717) is 12.8 Å². The lowest BCUT2D eigenvalue weighted by atomic mass is 10.1. The van der Waals surface area contributed by atoms with E-state index in [9.17, 15) is 12.8 Å². The first-order valence-corrected chi connectivity index (χ1v) is 7.74. The van der Waals surface area contributed by atoms with Gasteiger partial charge in [-0.1, -0.05) is 12.1 Å². The lowest BCUT2D eigenvalue weighted by Gasteiger charge is -2.13. The predicted octanol–water partition coefficient (Wildman–Crippen LogP) is 1.91. The number of sulfone groups is 1. The minimum absolute atomic E-state index is 0.104. The zero-order valence-electron chi connectivity index (χ0n) is 10.8. The zero-order valence-corrected chi connectivity index (χ0v) is 11.6. The molecule has 102 valence electrons. The van der Waals surface area contributed by atoms with E-state index < -0.39 is 9.84 Å². The van der Waals surface area contributed by atoms with Crippen LogP contribution < -0.4 is 5.73 Å². The van der Waals surface area contributed by atoms with Crippen molar-refractivity contribution in [2.45, 2.75) is 38.0 Å². The molecule has 0 aliphatic carbocycles. The van der Waals surface area contributed by atoms with Crippen molar-refractivity contribution < 1.29 is 12.8 Å². The molecular formula is C13H20FNO2S. The Balaban J connectivity index is 2.48. The highest BCUT2D eigenvalue weighted by Crippen LogP contribution is 2.09. The van der Waals surface area contributed by atoms with Gasteiger partial charge in [0.15, 0.2) is 9.84 Å². The highest BCUT2D eigenvalue weighted by atomic mass is 32.2. The summed E-state index contributed by atoms with van der Waals surface area (Å²) < 4.78 is 36.0. The van der Waals surface area contributed by atoms with Gasteiger partial charge in [-0.25, -0.2) is 12.8 Å². The molecule has 0 radical (unpaired) electrons. The first-order chi connectivity index (χ1) is 8.31. The Bertz CT molecular complexity index is 468. The summed E-state index contributed by atoms with van der Waals surface area (Å²) in [6.45, 7) is 3.33. The summed E-state index contributed by atoms with van der Waals surface area (Å²) >= 11 is 0. The fraction of sp³-hybridized carbons (Fsp3) is 0.538.